The molecule has 0 aliphatic heterocycles. The second kappa shape index (κ2) is 9.24. The minimum Gasteiger partial charge on any atom is -0.491 e. The van der Waals surface area contributed by atoms with Gasteiger partial charge < -0.3 is 14.3 Å². The number of hydrogen-bond donors (Lipinski definition) is 2. The molecule has 4 aromatic rings. The Kier molecular flexibility index (Phi) is 6.25. The normalized spacial score (nSPS) is 11.9. The highest BCUT2D eigenvalue weighted by molar-refractivity contribution is 7.86. The number of rotatable bonds is 8. The number of anilines is 1. The average Bonchev–Trinajstić information content (AvgIpc) is 3.20. The number of nitrogens with one attached hydrogen (secondary N) is 1. The van der Waals surface area contributed by atoms with E-state index in [1.807, 2.05) is 18.2 Å². The van der Waals surface area contributed by atoms with Crippen molar-refractivity contribution < 1.29 is 23.3 Å². The molecule has 6 nitrogen and oxygen atoms in total. The highest BCUT2D eigenvalue weighted by Gasteiger charge is 2.15. The first-order valence-corrected chi connectivity index (χ1v) is 10.9. The number of benzene rings is 3. The highest BCUT2D eigenvalue weighted by Crippen LogP contribution is 2.30. The molecular formula is C23H18ClNO5S. The Hall–Kier alpha value is -3.29. The van der Waals surface area contributed by atoms with E-state index >= 15 is 0 Å². The summed E-state index contributed by atoms with van der Waals surface area (Å²) >= 11 is 6.11. The van der Waals surface area contributed by atoms with E-state index in [0.717, 1.165) is 5.39 Å². The molecule has 0 radical (unpaired) electrons. The van der Waals surface area contributed by atoms with E-state index in [2.05, 4.69) is 4.72 Å². The van der Waals surface area contributed by atoms with Gasteiger partial charge in [0, 0.05) is 22.9 Å². The van der Waals surface area contributed by atoms with Crippen LogP contribution < -0.4 is 9.46 Å². The molecule has 0 saturated carbocycles. The molecule has 0 saturated heterocycles. The fourth-order valence-electron chi connectivity index (χ4n) is 3.12. The summed E-state index contributed by atoms with van der Waals surface area (Å²) in [5, 5.41) is 10.9. The van der Waals surface area contributed by atoms with Crippen LogP contribution in [0.2, 0.25) is 5.02 Å². The largest absolute Gasteiger partial charge is 0.491 e. The van der Waals surface area contributed by atoms with Gasteiger partial charge in [-0.1, -0.05) is 48.0 Å². The van der Waals surface area contributed by atoms with Crippen LogP contribution in [0.5, 0.6) is 5.75 Å². The molecule has 31 heavy (non-hydrogen) atoms. The fraction of sp³-hybridized carbons (Fsp3) is 0.0870. The van der Waals surface area contributed by atoms with Gasteiger partial charge in [0.2, 0.25) is 5.09 Å². The third-order valence-electron chi connectivity index (χ3n) is 4.61. The van der Waals surface area contributed by atoms with Gasteiger partial charge in [0.15, 0.2) is 11.0 Å². The van der Waals surface area contributed by atoms with Crippen LogP contribution in [0.3, 0.4) is 0 Å². The molecule has 1 heterocycles. The molecule has 4 rings (SSSR count). The molecule has 8 heteroatoms. The van der Waals surface area contributed by atoms with Gasteiger partial charge in [-0.25, -0.2) is 9.00 Å². The second-order valence-electron chi connectivity index (χ2n) is 6.68. The molecule has 0 aliphatic carbocycles. The van der Waals surface area contributed by atoms with Gasteiger partial charge in [0.05, 0.1) is 17.9 Å². The first-order valence-electron chi connectivity index (χ1n) is 9.42. The maximum absolute atomic E-state index is 12.8. The summed E-state index contributed by atoms with van der Waals surface area (Å²) in [5.41, 5.74) is 2.00. The van der Waals surface area contributed by atoms with Gasteiger partial charge in [-0.15, -0.1) is 0 Å². The number of carboxylic acid groups (broad SMARTS) is 1. The Labute approximate surface area is 186 Å². The lowest BCUT2D eigenvalue weighted by atomic mass is 10.1. The van der Waals surface area contributed by atoms with Crippen molar-refractivity contribution in [2.45, 2.75) is 11.5 Å². The second-order valence-corrected chi connectivity index (χ2v) is 8.26. The van der Waals surface area contributed by atoms with Crippen LogP contribution in [0, 0.1) is 0 Å². The van der Waals surface area contributed by atoms with Crippen molar-refractivity contribution >= 4 is 45.2 Å². The predicted octanol–water partition coefficient (Wildman–Crippen LogP) is 5.54. The van der Waals surface area contributed by atoms with Gasteiger partial charge in [-0.3, -0.25) is 4.72 Å². The Morgan fingerprint density at radius 1 is 1.06 bits per heavy atom. The van der Waals surface area contributed by atoms with E-state index in [0.29, 0.717) is 34.0 Å². The standard InChI is InChI=1S/C23H18ClNO5S/c24-17-9-10-21(29-12-11-15-5-1-3-7-18(15)23(26)27)19(14-17)25-31(28)22-13-16-6-2-4-8-20(16)30-22/h1-10,13-14,25H,11-12H2,(H,26,27). The van der Waals surface area contributed by atoms with E-state index < -0.39 is 17.0 Å². The topological polar surface area (TPSA) is 88.8 Å². The molecule has 0 bridgehead atoms. The summed E-state index contributed by atoms with van der Waals surface area (Å²) in [4.78, 5) is 11.4. The summed E-state index contributed by atoms with van der Waals surface area (Å²) in [6.45, 7) is 0.234. The van der Waals surface area contributed by atoms with Crippen molar-refractivity contribution in [2.24, 2.45) is 0 Å². The van der Waals surface area contributed by atoms with Crippen molar-refractivity contribution in [1.82, 2.24) is 0 Å². The minimum atomic E-state index is -1.67. The van der Waals surface area contributed by atoms with E-state index in [-0.39, 0.29) is 17.3 Å². The molecule has 1 aromatic heterocycles. The molecule has 2 N–H and O–H groups in total. The summed E-state index contributed by atoms with van der Waals surface area (Å²) in [7, 11) is -1.67. The number of carboxylic acids is 1. The van der Waals surface area contributed by atoms with Crippen molar-refractivity contribution in [3.05, 3.63) is 88.9 Å². The number of aromatic carboxylic acids is 1. The van der Waals surface area contributed by atoms with Crippen LogP contribution >= 0.6 is 11.6 Å². The van der Waals surface area contributed by atoms with Crippen LogP contribution in [0.1, 0.15) is 15.9 Å². The molecule has 0 fully saturated rings. The van der Waals surface area contributed by atoms with Crippen LogP contribution in [0.15, 0.2) is 82.3 Å². The van der Waals surface area contributed by atoms with Gasteiger partial charge >= 0.3 is 5.97 Å². The molecule has 1 unspecified atom stereocenters. The first kappa shape index (κ1) is 21.0. The number of furan rings is 1. The van der Waals surface area contributed by atoms with Crippen LogP contribution in [0.25, 0.3) is 11.0 Å². The highest BCUT2D eigenvalue weighted by atomic mass is 35.5. The molecule has 0 spiro atoms. The predicted molar refractivity (Wildman–Crippen MR) is 120 cm³/mol. The Bertz CT molecular complexity index is 1240. The third kappa shape index (κ3) is 4.90. The summed E-state index contributed by atoms with van der Waals surface area (Å²) < 4.78 is 27.2. The van der Waals surface area contributed by atoms with Crippen molar-refractivity contribution in [3.63, 3.8) is 0 Å². The summed E-state index contributed by atoms with van der Waals surface area (Å²) in [6.07, 6.45) is 0.400. The van der Waals surface area contributed by atoms with Crippen molar-refractivity contribution in [1.29, 1.82) is 0 Å². The van der Waals surface area contributed by atoms with E-state index in [9.17, 15) is 14.1 Å². The summed E-state index contributed by atoms with van der Waals surface area (Å²) in [5.74, 6) is -0.535. The summed E-state index contributed by atoms with van der Waals surface area (Å²) in [6, 6.07) is 20.8. The smallest absolute Gasteiger partial charge is 0.335 e. The molecular weight excluding hydrogens is 438 g/mol. The number of halogens is 1. The van der Waals surface area contributed by atoms with Gasteiger partial charge in [-0.2, -0.15) is 0 Å². The SMILES string of the molecule is O=C(O)c1ccccc1CCOc1ccc(Cl)cc1NS(=O)c1cc2ccccc2o1. The van der Waals surface area contributed by atoms with Crippen LogP contribution in [-0.4, -0.2) is 21.9 Å². The maximum atomic E-state index is 12.8. The molecule has 1 atom stereocenters. The quantitative estimate of drug-likeness (QED) is 0.364. The number of para-hydroxylation sites is 1. The third-order valence-corrected chi connectivity index (χ3v) is 5.81. The lowest BCUT2D eigenvalue weighted by Crippen LogP contribution is -2.09. The van der Waals surface area contributed by atoms with Gasteiger partial charge in [-0.05, 0) is 35.9 Å². The van der Waals surface area contributed by atoms with Gasteiger partial charge in [0.1, 0.15) is 11.3 Å². The molecule has 0 amide bonds. The minimum absolute atomic E-state index is 0.234. The number of carbonyl (C=O) groups is 1. The molecule has 0 aliphatic rings. The van der Waals surface area contributed by atoms with Crippen molar-refractivity contribution in [2.75, 3.05) is 11.3 Å². The zero-order valence-corrected chi connectivity index (χ0v) is 17.8. The lowest BCUT2D eigenvalue weighted by Gasteiger charge is -2.13. The average molecular weight is 456 g/mol. The number of hydrogen-bond acceptors (Lipinski definition) is 4. The van der Waals surface area contributed by atoms with E-state index in [1.54, 1.807) is 54.6 Å². The monoisotopic (exact) mass is 455 g/mol. The van der Waals surface area contributed by atoms with E-state index in [4.69, 9.17) is 20.8 Å². The zero-order valence-electron chi connectivity index (χ0n) is 16.2. The van der Waals surface area contributed by atoms with Crippen LogP contribution in [-0.2, 0) is 17.4 Å². The lowest BCUT2D eigenvalue weighted by molar-refractivity contribution is 0.0695. The Morgan fingerprint density at radius 3 is 2.65 bits per heavy atom. The number of fused-ring (bicyclic) bond motifs is 1. The molecule has 158 valence electrons. The number of ether oxygens (including phenoxy) is 1. The Morgan fingerprint density at radius 2 is 1.84 bits per heavy atom. The van der Waals surface area contributed by atoms with Crippen LogP contribution in [0.4, 0.5) is 5.69 Å². The Balaban J connectivity index is 1.48. The first-order chi connectivity index (χ1) is 15.0. The van der Waals surface area contributed by atoms with E-state index in [1.165, 1.54) is 0 Å². The maximum Gasteiger partial charge on any atom is 0.335 e. The fourth-order valence-corrected chi connectivity index (χ4v) is 4.16. The van der Waals surface area contributed by atoms with Crippen molar-refractivity contribution in [3.8, 4) is 5.75 Å². The molecule has 3 aromatic carbocycles. The zero-order chi connectivity index (χ0) is 21.8. The van der Waals surface area contributed by atoms with Gasteiger partial charge in [0.25, 0.3) is 0 Å².